The molecule has 0 aliphatic rings. The van der Waals surface area contributed by atoms with Crippen molar-refractivity contribution in [1.82, 2.24) is 0 Å². The molecule has 0 radical (unpaired) electrons. The van der Waals surface area contributed by atoms with E-state index in [-0.39, 0.29) is 0 Å². The minimum absolute atomic E-state index is 0.418. The molecule has 2 aromatic carbocycles. The second kappa shape index (κ2) is 6.83. The van der Waals surface area contributed by atoms with Gasteiger partial charge in [-0.2, -0.15) is 11.8 Å². The molecule has 0 amide bonds. The van der Waals surface area contributed by atoms with E-state index in [1.54, 1.807) is 11.8 Å². The van der Waals surface area contributed by atoms with Gasteiger partial charge in [-0.1, -0.05) is 60.1 Å². The smallest absolute Gasteiger partial charge is 0.0880 e. The van der Waals surface area contributed by atoms with Crippen LogP contribution in [0.25, 0.3) is 0 Å². The summed E-state index contributed by atoms with van der Waals surface area (Å²) in [6, 6.07) is 17.5. The molecule has 2 rings (SSSR count). The number of aliphatic hydroxyl groups is 1. The lowest BCUT2D eigenvalue weighted by Crippen LogP contribution is -2.00. The second-order valence-corrected chi connectivity index (χ2v) is 5.47. The van der Waals surface area contributed by atoms with Gasteiger partial charge in [-0.05, 0) is 17.2 Å². The van der Waals surface area contributed by atoms with Gasteiger partial charge in [0.05, 0.1) is 6.10 Å². The van der Waals surface area contributed by atoms with Gasteiger partial charge in [-0.25, -0.2) is 0 Å². The summed E-state index contributed by atoms with van der Waals surface area (Å²) in [6.45, 7) is 0. The normalized spacial score (nSPS) is 12.3. The molecule has 18 heavy (non-hydrogen) atoms. The van der Waals surface area contributed by atoms with Crippen molar-refractivity contribution in [2.24, 2.45) is 0 Å². The molecule has 3 heteroatoms. The van der Waals surface area contributed by atoms with Gasteiger partial charge in [0, 0.05) is 16.5 Å². The quantitative estimate of drug-likeness (QED) is 0.880. The van der Waals surface area contributed by atoms with Crippen molar-refractivity contribution in [3.8, 4) is 0 Å². The molecule has 0 fully saturated rings. The summed E-state index contributed by atoms with van der Waals surface area (Å²) in [7, 11) is 0. The fraction of sp³-hybridized carbons (Fsp3) is 0.200. The predicted octanol–water partition coefficient (Wildman–Crippen LogP) is 4.31. The van der Waals surface area contributed by atoms with Crippen LogP contribution in [0.1, 0.15) is 17.2 Å². The number of thioether (sulfide) groups is 1. The molecule has 0 heterocycles. The maximum Gasteiger partial charge on any atom is 0.0880 e. The van der Waals surface area contributed by atoms with Crippen molar-refractivity contribution in [2.45, 2.75) is 11.9 Å². The van der Waals surface area contributed by atoms with Crippen LogP contribution in [0.2, 0.25) is 5.02 Å². The van der Waals surface area contributed by atoms with Gasteiger partial charge in [0.1, 0.15) is 0 Å². The van der Waals surface area contributed by atoms with E-state index in [0.717, 1.165) is 21.9 Å². The lowest BCUT2D eigenvalue weighted by atomic mass is 10.1. The summed E-state index contributed by atoms with van der Waals surface area (Å²) >= 11 is 7.77. The Kier molecular flexibility index (Phi) is 5.12. The number of benzene rings is 2. The van der Waals surface area contributed by atoms with Crippen LogP contribution in [0.15, 0.2) is 54.6 Å². The van der Waals surface area contributed by atoms with E-state index in [2.05, 4.69) is 0 Å². The zero-order valence-electron chi connectivity index (χ0n) is 9.92. The Hall–Kier alpha value is -0.960. The van der Waals surface area contributed by atoms with Crippen LogP contribution in [0, 0.1) is 0 Å². The summed E-state index contributed by atoms with van der Waals surface area (Å²) < 4.78 is 0. The standard InChI is InChI=1S/C15H15ClOS/c16-14-9-5-4-8-13(14)10-18-11-15(17)12-6-2-1-3-7-12/h1-9,15,17H,10-11H2. The van der Waals surface area contributed by atoms with Crippen molar-refractivity contribution in [2.75, 3.05) is 5.75 Å². The SMILES string of the molecule is OC(CSCc1ccccc1Cl)c1ccccc1. The first-order valence-electron chi connectivity index (χ1n) is 5.81. The van der Waals surface area contributed by atoms with Gasteiger partial charge < -0.3 is 5.11 Å². The fourth-order valence-corrected chi connectivity index (χ4v) is 2.95. The second-order valence-electron chi connectivity index (χ2n) is 4.03. The molecular formula is C15H15ClOS. The molecule has 0 aromatic heterocycles. The molecule has 0 aliphatic heterocycles. The highest BCUT2D eigenvalue weighted by Crippen LogP contribution is 2.24. The summed E-state index contributed by atoms with van der Waals surface area (Å²) in [5.41, 5.74) is 2.08. The summed E-state index contributed by atoms with van der Waals surface area (Å²) in [5, 5.41) is 10.8. The third-order valence-electron chi connectivity index (χ3n) is 2.68. The number of halogens is 1. The fourth-order valence-electron chi connectivity index (χ4n) is 1.67. The van der Waals surface area contributed by atoms with E-state index >= 15 is 0 Å². The third kappa shape index (κ3) is 3.77. The molecule has 1 unspecified atom stereocenters. The first-order chi connectivity index (χ1) is 8.77. The van der Waals surface area contributed by atoms with Gasteiger partial charge in [-0.15, -0.1) is 0 Å². The molecule has 1 N–H and O–H groups in total. The van der Waals surface area contributed by atoms with Crippen LogP contribution in [-0.4, -0.2) is 10.9 Å². The number of rotatable bonds is 5. The van der Waals surface area contributed by atoms with Crippen molar-refractivity contribution in [3.05, 3.63) is 70.7 Å². The first-order valence-corrected chi connectivity index (χ1v) is 7.35. The molecule has 94 valence electrons. The summed E-state index contributed by atoms with van der Waals surface area (Å²) in [5.74, 6) is 1.50. The topological polar surface area (TPSA) is 20.2 Å². The van der Waals surface area contributed by atoms with Gasteiger partial charge in [0.25, 0.3) is 0 Å². The molecule has 0 bridgehead atoms. The zero-order chi connectivity index (χ0) is 12.8. The Bertz CT molecular complexity index is 487. The zero-order valence-corrected chi connectivity index (χ0v) is 11.5. The van der Waals surface area contributed by atoms with Gasteiger partial charge in [-0.3, -0.25) is 0 Å². The largest absolute Gasteiger partial charge is 0.388 e. The molecule has 0 aliphatic carbocycles. The van der Waals surface area contributed by atoms with Crippen molar-refractivity contribution in [3.63, 3.8) is 0 Å². The average molecular weight is 279 g/mol. The van der Waals surface area contributed by atoms with Gasteiger partial charge >= 0.3 is 0 Å². The predicted molar refractivity (Wildman–Crippen MR) is 79.0 cm³/mol. The minimum atomic E-state index is -0.418. The molecule has 1 atom stereocenters. The molecule has 1 nitrogen and oxygen atoms in total. The van der Waals surface area contributed by atoms with E-state index in [0.29, 0.717) is 5.75 Å². The van der Waals surface area contributed by atoms with E-state index in [4.69, 9.17) is 11.6 Å². The van der Waals surface area contributed by atoms with Crippen molar-refractivity contribution in [1.29, 1.82) is 0 Å². The molecule has 0 saturated carbocycles. The summed E-state index contributed by atoms with van der Waals surface area (Å²) in [6.07, 6.45) is -0.418. The number of hydrogen-bond acceptors (Lipinski definition) is 2. The van der Waals surface area contributed by atoms with Crippen LogP contribution in [0.4, 0.5) is 0 Å². The monoisotopic (exact) mass is 278 g/mol. The third-order valence-corrected chi connectivity index (χ3v) is 4.11. The first kappa shape index (κ1) is 13.5. The average Bonchev–Trinajstić information content (AvgIpc) is 2.42. The maximum absolute atomic E-state index is 10.0. The Morgan fingerprint density at radius 1 is 1.00 bits per heavy atom. The maximum atomic E-state index is 10.0. The highest BCUT2D eigenvalue weighted by molar-refractivity contribution is 7.98. The molecular weight excluding hydrogens is 264 g/mol. The van der Waals surface area contributed by atoms with E-state index < -0.39 is 6.10 Å². The highest BCUT2D eigenvalue weighted by atomic mass is 35.5. The van der Waals surface area contributed by atoms with Crippen LogP contribution < -0.4 is 0 Å². The van der Waals surface area contributed by atoms with Crippen LogP contribution >= 0.6 is 23.4 Å². The van der Waals surface area contributed by atoms with Crippen LogP contribution in [0.3, 0.4) is 0 Å². The molecule has 2 aromatic rings. The lowest BCUT2D eigenvalue weighted by Gasteiger charge is -2.10. The Morgan fingerprint density at radius 3 is 2.39 bits per heavy atom. The molecule has 0 spiro atoms. The van der Waals surface area contributed by atoms with E-state index in [9.17, 15) is 5.11 Å². The lowest BCUT2D eigenvalue weighted by molar-refractivity contribution is 0.204. The number of aliphatic hydroxyl groups excluding tert-OH is 1. The van der Waals surface area contributed by atoms with E-state index in [1.165, 1.54) is 0 Å². The van der Waals surface area contributed by atoms with Gasteiger partial charge in [0.2, 0.25) is 0 Å². The Morgan fingerprint density at radius 2 is 1.67 bits per heavy atom. The van der Waals surface area contributed by atoms with Gasteiger partial charge in [0.15, 0.2) is 0 Å². The van der Waals surface area contributed by atoms with Crippen molar-refractivity contribution >= 4 is 23.4 Å². The number of hydrogen-bond donors (Lipinski definition) is 1. The highest BCUT2D eigenvalue weighted by Gasteiger charge is 2.07. The Labute approximate surface area is 117 Å². The molecule has 0 saturated heterocycles. The van der Waals surface area contributed by atoms with E-state index in [1.807, 2.05) is 54.6 Å². The Balaban J connectivity index is 1.84. The van der Waals surface area contributed by atoms with Crippen LogP contribution in [-0.2, 0) is 5.75 Å². The minimum Gasteiger partial charge on any atom is -0.388 e. The van der Waals surface area contributed by atoms with Crippen LogP contribution in [0.5, 0.6) is 0 Å². The summed E-state index contributed by atoms with van der Waals surface area (Å²) in [4.78, 5) is 0. The van der Waals surface area contributed by atoms with Crippen molar-refractivity contribution < 1.29 is 5.11 Å².